The summed E-state index contributed by atoms with van der Waals surface area (Å²) in [6.07, 6.45) is 1.05. The van der Waals surface area contributed by atoms with E-state index in [2.05, 4.69) is 15.4 Å². The Morgan fingerprint density at radius 3 is 1.71 bits per heavy atom. The molecule has 2 aromatic rings. The van der Waals surface area contributed by atoms with Crippen molar-refractivity contribution in [2.24, 2.45) is 0 Å². The van der Waals surface area contributed by atoms with Crippen LogP contribution in [-0.4, -0.2) is 26.5 Å². The minimum absolute atomic E-state index is 0.172. The first-order chi connectivity index (χ1) is 11.2. The Morgan fingerprint density at radius 1 is 0.792 bits per heavy atom. The molecule has 2 aromatic carbocycles. The van der Waals surface area contributed by atoms with E-state index >= 15 is 0 Å². The molecule has 0 aliphatic carbocycles. The molecule has 3 N–H and O–H groups in total. The Balaban J connectivity index is 2.03. The van der Waals surface area contributed by atoms with Gasteiger partial charge in [0, 0.05) is 29.5 Å². The zero-order valence-corrected chi connectivity index (χ0v) is 14.0. The van der Waals surface area contributed by atoms with Gasteiger partial charge in [0.1, 0.15) is 0 Å². The number of anilines is 3. The normalized spacial score (nSPS) is 10.8. The molecule has 0 spiro atoms. The summed E-state index contributed by atoms with van der Waals surface area (Å²) in [7, 11) is -3.35. The van der Waals surface area contributed by atoms with Gasteiger partial charge in [-0.25, -0.2) is 8.42 Å². The molecule has 0 aliphatic heterocycles. The van der Waals surface area contributed by atoms with Crippen LogP contribution in [0.25, 0.3) is 0 Å². The highest BCUT2D eigenvalue weighted by Crippen LogP contribution is 2.16. The molecule has 126 valence electrons. The van der Waals surface area contributed by atoms with Crippen molar-refractivity contribution < 1.29 is 18.0 Å². The summed E-state index contributed by atoms with van der Waals surface area (Å²) in [6.45, 7) is 1.41. The number of carbonyl (C=O) groups is 2. The minimum atomic E-state index is -3.35. The molecule has 8 heteroatoms. The lowest BCUT2D eigenvalue weighted by Crippen LogP contribution is -2.13. The number of benzene rings is 2. The van der Waals surface area contributed by atoms with Crippen molar-refractivity contribution in [3.63, 3.8) is 0 Å². The van der Waals surface area contributed by atoms with Gasteiger partial charge in [-0.3, -0.25) is 14.3 Å². The molecule has 0 atom stereocenters. The fourth-order valence-corrected chi connectivity index (χ4v) is 2.51. The van der Waals surface area contributed by atoms with Crippen molar-refractivity contribution in [2.45, 2.75) is 6.92 Å². The van der Waals surface area contributed by atoms with Gasteiger partial charge in [0.15, 0.2) is 0 Å². The number of hydrogen-bond acceptors (Lipinski definition) is 4. The first-order valence-electron chi connectivity index (χ1n) is 7.00. The summed E-state index contributed by atoms with van der Waals surface area (Å²) in [5.41, 5.74) is 1.98. The second-order valence-electron chi connectivity index (χ2n) is 5.16. The number of amides is 2. The lowest BCUT2D eigenvalue weighted by molar-refractivity contribution is -0.114. The number of hydrogen-bond donors (Lipinski definition) is 3. The second-order valence-corrected chi connectivity index (χ2v) is 6.91. The van der Waals surface area contributed by atoms with E-state index in [9.17, 15) is 18.0 Å². The van der Waals surface area contributed by atoms with Crippen LogP contribution in [0.2, 0.25) is 0 Å². The lowest BCUT2D eigenvalue weighted by Gasteiger charge is -2.08. The van der Waals surface area contributed by atoms with E-state index in [4.69, 9.17) is 0 Å². The number of nitrogens with one attached hydrogen (secondary N) is 3. The summed E-state index contributed by atoms with van der Waals surface area (Å²) in [4.78, 5) is 23.1. The van der Waals surface area contributed by atoms with Gasteiger partial charge in [0.2, 0.25) is 15.9 Å². The predicted molar refractivity (Wildman–Crippen MR) is 93.6 cm³/mol. The number of rotatable bonds is 5. The van der Waals surface area contributed by atoms with Crippen LogP contribution >= 0.6 is 0 Å². The molecule has 0 unspecified atom stereocenters. The Labute approximate surface area is 140 Å². The molecule has 0 bridgehead atoms. The monoisotopic (exact) mass is 347 g/mol. The van der Waals surface area contributed by atoms with Gasteiger partial charge in [-0.1, -0.05) is 0 Å². The Morgan fingerprint density at radius 2 is 1.25 bits per heavy atom. The van der Waals surface area contributed by atoms with E-state index in [0.717, 1.165) is 6.26 Å². The van der Waals surface area contributed by atoms with Crippen LogP contribution in [0.4, 0.5) is 17.1 Å². The maximum absolute atomic E-state index is 12.2. The van der Waals surface area contributed by atoms with E-state index in [-0.39, 0.29) is 11.8 Å². The molecule has 0 aromatic heterocycles. The zero-order valence-electron chi connectivity index (χ0n) is 13.2. The molecule has 7 nitrogen and oxygen atoms in total. The summed E-state index contributed by atoms with van der Waals surface area (Å²) in [5.74, 6) is -0.497. The van der Waals surface area contributed by atoms with Gasteiger partial charge in [0.25, 0.3) is 5.91 Å². The topological polar surface area (TPSA) is 104 Å². The molecule has 0 saturated carbocycles. The van der Waals surface area contributed by atoms with E-state index in [1.807, 2.05) is 0 Å². The molecule has 2 amide bonds. The van der Waals surface area contributed by atoms with Gasteiger partial charge in [0.05, 0.1) is 6.26 Å². The van der Waals surface area contributed by atoms with Crippen LogP contribution in [-0.2, 0) is 14.8 Å². The van der Waals surface area contributed by atoms with Gasteiger partial charge >= 0.3 is 0 Å². The summed E-state index contributed by atoms with van der Waals surface area (Å²) >= 11 is 0. The fourth-order valence-electron chi connectivity index (χ4n) is 1.95. The third-order valence-electron chi connectivity index (χ3n) is 2.91. The zero-order chi connectivity index (χ0) is 17.7. The molecule has 24 heavy (non-hydrogen) atoms. The van der Waals surface area contributed by atoms with Crippen molar-refractivity contribution in [1.82, 2.24) is 0 Å². The van der Waals surface area contributed by atoms with Gasteiger partial charge in [-0.2, -0.15) is 0 Å². The van der Waals surface area contributed by atoms with Crippen LogP contribution in [0, 0.1) is 0 Å². The SMILES string of the molecule is CC(=O)Nc1ccc(NC(=O)c2ccc(NS(C)(=O)=O)cc2)cc1. The Bertz CT molecular complexity index is 844. The van der Waals surface area contributed by atoms with Crippen LogP contribution in [0.3, 0.4) is 0 Å². The Hall–Kier alpha value is -2.87. The van der Waals surface area contributed by atoms with Gasteiger partial charge < -0.3 is 10.6 Å². The van der Waals surface area contributed by atoms with E-state index in [1.54, 1.807) is 24.3 Å². The predicted octanol–water partition coefficient (Wildman–Crippen LogP) is 2.27. The molecule has 0 fully saturated rings. The fraction of sp³-hybridized carbons (Fsp3) is 0.125. The molecular weight excluding hydrogens is 330 g/mol. The first kappa shape index (κ1) is 17.5. The van der Waals surface area contributed by atoms with Crippen LogP contribution in [0.1, 0.15) is 17.3 Å². The average Bonchev–Trinajstić information content (AvgIpc) is 2.48. The largest absolute Gasteiger partial charge is 0.326 e. The number of sulfonamides is 1. The van der Waals surface area contributed by atoms with Crippen LogP contribution < -0.4 is 15.4 Å². The van der Waals surface area contributed by atoms with Gasteiger partial charge in [-0.05, 0) is 48.5 Å². The first-order valence-corrected chi connectivity index (χ1v) is 8.89. The highest BCUT2D eigenvalue weighted by molar-refractivity contribution is 7.92. The average molecular weight is 347 g/mol. The van der Waals surface area contributed by atoms with Crippen molar-refractivity contribution in [1.29, 1.82) is 0 Å². The van der Waals surface area contributed by atoms with Crippen LogP contribution in [0.15, 0.2) is 48.5 Å². The highest BCUT2D eigenvalue weighted by Gasteiger charge is 2.07. The minimum Gasteiger partial charge on any atom is -0.326 e. The van der Waals surface area contributed by atoms with E-state index in [1.165, 1.54) is 31.2 Å². The standard InChI is InChI=1S/C16H17N3O4S/c1-11(20)17-13-7-9-14(10-8-13)18-16(21)12-3-5-15(6-4-12)19-24(2,22)23/h3-10,19H,1-2H3,(H,17,20)(H,18,21). The summed E-state index contributed by atoms with van der Waals surface area (Å²) < 4.78 is 24.6. The van der Waals surface area contributed by atoms with E-state index < -0.39 is 10.0 Å². The summed E-state index contributed by atoms with van der Waals surface area (Å²) in [5, 5.41) is 5.35. The highest BCUT2D eigenvalue weighted by atomic mass is 32.2. The molecule has 0 heterocycles. The smallest absolute Gasteiger partial charge is 0.255 e. The van der Waals surface area contributed by atoms with Crippen molar-refractivity contribution >= 4 is 38.9 Å². The summed E-state index contributed by atoms with van der Waals surface area (Å²) in [6, 6.07) is 12.8. The molecule has 2 rings (SSSR count). The van der Waals surface area contributed by atoms with Crippen molar-refractivity contribution in [3.05, 3.63) is 54.1 Å². The number of carbonyl (C=O) groups excluding carboxylic acids is 2. The van der Waals surface area contributed by atoms with Crippen molar-refractivity contribution in [2.75, 3.05) is 21.6 Å². The molecule has 0 aliphatic rings. The third-order valence-corrected chi connectivity index (χ3v) is 3.52. The third kappa shape index (κ3) is 5.40. The van der Waals surface area contributed by atoms with Gasteiger partial charge in [-0.15, -0.1) is 0 Å². The van der Waals surface area contributed by atoms with Crippen LogP contribution in [0.5, 0.6) is 0 Å². The molecule has 0 saturated heterocycles. The molecule has 0 radical (unpaired) electrons. The second kappa shape index (κ2) is 7.14. The maximum Gasteiger partial charge on any atom is 0.255 e. The quantitative estimate of drug-likeness (QED) is 0.771. The Kier molecular flexibility index (Phi) is 5.20. The molecular formula is C16H17N3O4S. The maximum atomic E-state index is 12.2. The lowest BCUT2D eigenvalue weighted by atomic mass is 10.2. The van der Waals surface area contributed by atoms with E-state index in [0.29, 0.717) is 22.6 Å². The van der Waals surface area contributed by atoms with Crippen molar-refractivity contribution in [3.8, 4) is 0 Å².